The van der Waals surface area contributed by atoms with Crippen LogP contribution in [0, 0.1) is 12.8 Å². The van der Waals surface area contributed by atoms with Crippen LogP contribution in [0.15, 0.2) is 38.9 Å². The van der Waals surface area contributed by atoms with Gasteiger partial charge in [0.05, 0.1) is 5.75 Å². The number of amides is 1. The number of carbonyl (C=O) groups is 1. The van der Waals surface area contributed by atoms with Crippen LogP contribution in [0.2, 0.25) is 0 Å². The topological polar surface area (TPSA) is 90.1 Å². The molecule has 2 aromatic heterocycles. The third-order valence-electron chi connectivity index (χ3n) is 5.62. The molecule has 0 aliphatic carbocycles. The molecule has 0 fully saturated rings. The number of para-hydroxylation sites is 1. The summed E-state index contributed by atoms with van der Waals surface area (Å²) in [6.45, 7) is 8.20. The highest BCUT2D eigenvalue weighted by molar-refractivity contribution is 8.00. The summed E-state index contributed by atoms with van der Waals surface area (Å²) in [4.78, 5) is 49.6. The van der Waals surface area contributed by atoms with Crippen molar-refractivity contribution < 1.29 is 4.79 Å². The molecule has 3 aromatic rings. The zero-order valence-electron chi connectivity index (χ0n) is 19.0. The van der Waals surface area contributed by atoms with Crippen molar-refractivity contribution in [3.63, 3.8) is 0 Å². The highest BCUT2D eigenvalue weighted by atomic mass is 32.2. The van der Waals surface area contributed by atoms with Gasteiger partial charge in [-0.3, -0.25) is 18.7 Å². The van der Waals surface area contributed by atoms with Gasteiger partial charge in [-0.1, -0.05) is 43.8 Å². The standard InChI is InChI=1S/C23H27N5O3S/c1-13(2)11-27-20-19(22(30)26(5)23(27)31)21(25-15(4)24-20)32-12-18(29)28-14(3)10-16-8-6-7-9-17(16)28/h6-9,13-14H,10-12H2,1-5H3/t14-/m1/s1. The van der Waals surface area contributed by atoms with Crippen molar-refractivity contribution >= 4 is 34.4 Å². The van der Waals surface area contributed by atoms with Gasteiger partial charge in [0, 0.05) is 25.3 Å². The van der Waals surface area contributed by atoms with E-state index in [1.54, 1.807) is 6.92 Å². The summed E-state index contributed by atoms with van der Waals surface area (Å²) in [5, 5.41) is 0.713. The molecule has 4 rings (SSSR count). The molecule has 8 nitrogen and oxygen atoms in total. The average molecular weight is 454 g/mol. The minimum Gasteiger partial charge on any atom is -0.308 e. The first kappa shape index (κ1) is 22.3. The van der Waals surface area contributed by atoms with Crippen molar-refractivity contribution in [3.8, 4) is 0 Å². The maximum absolute atomic E-state index is 13.2. The third-order valence-corrected chi connectivity index (χ3v) is 6.58. The molecule has 3 heterocycles. The molecule has 0 bridgehead atoms. The Morgan fingerprint density at radius 2 is 1.94 bits per heavy atom. The molecule has 0 unspecified atom stereocenters. The maximum atomic E-state index is 13.2. The fourth-order valence-corrected chi connectivity index (χ4v) is 5.14. The van der Waals surface area contributed by atoms with Crippen molar-refractivity contribution in [1.29, 1.82) is 0 Å². The predicted molar refractivity (Wildman–Crippen MR) is 126 cm³/mol. The smallest absolute Gasteiger partial charge is 0.308 e. The van der Waals surface area contributed by atoms with E-state index in [2.05, 4.69) is 9.97 Å². The highest BCUT2D eigenvalue weighted by Crippen LogP contribution is 2.33. The molecule has 1 aliphatic heterocycles. The lowest BCUT2D eigenvalue weighted by Crippen LogP contribution is -2.40. The summed E-state index contributed by atoms with van der Waals surface area (Å²) in [7, 11) is 1.46. The summed E-state index contributed by atoms with van der Waals surface area (Å²) in [5.41, 5.74) is 1.59. The number of rotatable bonds is 5. The van der Waals surface area contributed by atoms with Crippen molar-refractivity contribution in [3.05, 3.63) is 56.5 Å². The lowest BCUT2D eigenvalue weighted by atomic mass is 10.1. The average Bonchev–Trinajstić information content (AvgIpc) is 3.08. The molecule has 0 radical (unpaired) electrons. The Morgan fingerprint density at radius 1 is 1.22 bits per heavy atom. The number of anilines is 1. The van der Waals surface area contributed by atoms with E-state index in [1.807, 2.05) is 49.9 Å². The van der Waals surface area contributed by atoms with Gasteiger partial charge in [-0.25, -0.2) is 14.8 Å². The number of fused-ring (bicyclic) bond motifs is 2. The molecule has 0 saturated carbocycles. The Kier molecular flexibility index (Phi) is 5.94. The van der Waals surface area contributed by atoms with E-state index in [-0.39, 0.29) is 29.0 Å². The molecular formula is C23H27N5O3S. The van der Waals surface area contributed by atoms with Crippen LogP contribution in [0.1, 0.15) is 32.2 Å². The van der Waals surface area contributed by atoms with Crippen LogP contribution < -0.4 is 16.1 Å². The van der Waals surface area contributed by atoms with E-state index in [4.69, 9.17) is 0 Å². The van der Waals surface area contributed by atoms with E-state index in [1.165, 1.54) is 23.4 Å². The van der Waals surface area contributed by atoms with Crippen LogP contribution in [-0.4, -0.2) is 36.8 Å². The van der Waals surface area contributed by atoms with E-state index < -0.39 is 11.2 Å². The van der Waals surface area contributed by atoms with Gasteiger partial charge in [-0.15, -0.1) is 0 Å². The summed E-state index contributed by atoms with van der Waals surface area (Å²) >= 11 is 1.22. The van der Waals surface area contributed by atoms with Crippen LogP contribution in [0.4, 0.5) is 5.69 Å². The SMILES string of the molecule is Cc1nc(SCC(=O)N2c3ccccc3C[C@H]2C)c2c(=O)n(C)c(=O)n(CC(C)C)c2n1. The summed E-state index contributed by atoms with van der Waals surface area (Å²) in [6.07, 6.45) is 0.824. The minimum atomic E-state index is -0.445. The predicted octanol–water partition coefficient (Wildman–Crippen LogP) is 2.52. The van der Waals surface area contributed by atoms with Crippen molar-refractivity contribution in [2.24, 2.45) is 13.0 Å². The molecule has 1 aliphatic rings. The second-order valence-corrected chi connectivity index (χ2v) is 9.62. The Hall–Kier alpha value is -2.94. The number of aromatic nitrogens is 4. The largest absolute Gasteiger partial charge is 0.332 e. The molecule has 0 N–H and O–H groups in total. The highest BCUT2D eigenvalue weighted by Gasteiger charge is 2.30. The summed E-state index contributed by atoms with van der Waals surface area (Å²) in [5.74, 6) is 0.746. The van der Waals surface area contributed by atoms with Gasteiger partial charge >= 0.3 is 5.69 Å². The van der Waals surface area contributed by atoms with E-state index in [0.717, 1.165) is 22.2 Å². The lowest BCUT2D eigenvalue weighted by molar-refractivity contribution is -0.116. The fourth-order valence-electron chi connectivity index (χ4n) is 4.22. The summed E-state index contributed by atoms with van der Waals surface area (Å²) < 4.78 is 2.62. The number of aryl methyl sites for hydroxylation is 1. The van der Waals surface area contributed by atoms with E-state index >= 15 is 0 Å². The third kappa shape index (κ3) is 3.85. The van der Waals surface area contributed by atoms with Gasteiger partial charge < -0.3 is 4.90 Å². The first-order chi connectivity index (χ1) is 15.2. The molecule has 32 heavy (non-hydrogen) atoms. The molecular weight excluding hydrogens is 426 g/mol. The second kappa shape index (κ2) is 8.54. The van der Waals surface area contributed by atoms with Crippen LogP contribution in [0.25, 0.3) is 11.0 Å². The fraction of sp³-hybridized carbons (Fsp3) is 0.435. The number of nitrogens with zero attached hydrogens (tertiary/aromatic N) is 5. The van der Waals surface area contributed by atoms with Gasteiger partial charge in [-0.05, 0) is 37.8 Å². The maximum Gasteiger partial charge on any atom is 0.332 e. The molecule has 1 aromatic carbocycles. The Balaban J connectivity index is 1.73. The molecule has 0 saturated heterocycles. The molecule has 1 amide bonds. The van der Waals surface area contributed by atoms with Crippen molar-refractivity contribution in [1.82, 2.24) is 19.1 Å². The normalized spacial score (nSPS) is 15.6. The first-order valence-electron chi connectivity index (χ1n) is 10.7. The number of thioether (sulfide) groups is 1. The second-order valence-electron chi connectivity index (χ2n) is 8.66. The van der Waals surface area contributed by atoms with Crippen LogP contribution in [0.5, 0.6) is 0 Å². The van der Waals surface area contributed by atoms with Gasteiger partial charge in [0.15, 0.2) is 5.65 Å². The van der Waals surface area contributed by atoms with E-state index in [9.17, 15) is 14.4 Å². The monoisotopic (exact) mass is 453 g/mol. The van der Waals surface area contributed by atoms with E-state index in [0.29, 0.717) is 23.0 Å². The zero-order valence-corrected chi connectivity index (χ0v) is 19.8. The van der Waals surface area contributed by atoms with Crippen molar-refractivity contribution in [2.45, 2.75) is 51.7 Å². The Labute approximate surface area is 190 Å². The first-order valence-corrected chi connectivity index (χ1v) is 11.7. The molecule has 0 spiro atoms. The summed E-state index contributed by atoms with van der Waals surface area (Å²) in [6, 6.07) is 8.00. The number of carbonyl (C=O) groups excluding carboxylic acids is 1. The Bertz CT molecular complexity index is 1330. The molecule has 9 heteroatoms. The minimum absolute atomic E-state index is 0.0378. The van der Waals surface area contributed by atoms with Gasteiger partial charge in [0.1, 0.15) is 16.2 Å². The van der Waals surface area contributed by atoms with Crippen LogP contribution >= 0.6 is 11.8 Å². The van der Waals surface area contributed by atoms with Gasteiger partial charge in [-0.2, -0.15) is 0 Å². The number of benzene rings is 1. The van der Waals surface area contributed by atoms with Gasteiger partial charge in [0.2, 0.25) is 5.91 Å². The van der Waals surface area contributed by atoms with Crippen LogP contribution in [0.3, 0.4) is 0 Å². The zero-order chi connectivity index (χ0) is 23.2. The van der Waals surface area contributed by atoms with Gasteiger partial charge in [0.25, 0.3) is 5.56 Å². The quantitative estimate of drug-likeness (QED) is 0.436. The molecule has 1 atom stereocenters. The lowest BCUT2D eigenvalue weighted by Gasteiger charge is -2.22. The molecule has 168 valence electrons. The van der Waals surface area contributed by atoms with Crippen LogP contribution in [-0.2, 0) is 24.8 Å². The van der Waals surface area contributed by atoms with Crippen molar-refractivity contribution in [2.75, 3.05) is 10.7 Å². The Morgan fingerprint density at radius 3 is 2.66 bits per heavy atom. The number of hydrogen-bond acceptors (Lipinski definition) is 6. The number of hydrogen-bond donors (Lipinski definition) is 0.